The lowest BCUT2D eigenvalue weighted by Crippen LogP contribution is -2.43. The van der Waals surface area contributed by atoms with Crippen LogP contribution in [0.1, 0.15) is 5.56 Å². The number of amides is 2. The predicted octanol–water partition coefficient (Wildman–Crippen LogP) is 1.03. The number of benzene rings is 1. The monoisotopic (exact) mass is 505 g/mol. The second-order valence-electron chi connectivity index (χ2n) is 6.16. The number of nitrogens with zero attached hydrogens (tertiary/aromatic N) is 3. The van der Waals surface area contributed by atoms with E-state index in [2.05, 4.69) is 15.6 Å². The van der Waals surface area contributed by atoms with E-state index in [0.29, 0.717) is 38.8 Å². The number of methoxy groups -OCH3 is 1. The van der Waals surface area contributed by atoms with Gasteiger partial charge in [-0.3, -0.25) is 9.69 Å². The minimum Gasteiger partial charge on any atom is -0.447 e. The van der Waals surface area contributed by atoms with Gasteiger partial charge in [-0.05, 0) is 17.7 Å². The van der Waals surface area contributed by atoms with E-state index in [0.717, 1.165) is 11.3 Å². The van der Waals surface area contributed by atoms with Crippen molar-refractivity contribution in [1.29, 1.82) is 0 Å². The van der Waals surface area contributed by atoms with E-state index in [9.17, 15) is 9.59 Å². The second kappa shape index (κ2) is 12.4. The lowest BCUT2D eigenvalue weighted by molar-refractivity contribution is -0.127. The molecule has 1 aliphatic rings. The Balaban J connectivity index is 0.00000392. The Bertz CT molecular complexity index is 666. The zero-order chi connectivity index (χ0) is 19.6. The van der Waals surface area contributed by atoms with Gasteiger partial charge in [0.1, 0.15) is 6.61 Å². The van der Waals surface area contributed by atoms with Crippen molar-refractivity contribution in [3.8, 4) is 0 Å². The van der Waals surface area contributed by atoms with Gasteiger partial charge in [0.05, 0.1) is 26.2 Å². The Labute approximate surface area is 182 Å². The highest BCUT2D eigenvalue weighted by Crippen LogP contribution is 2.19. The van der Waals surface area contributed by atoms with Gasteiger partial charge in [-0.1, -0.05) is 12.1 Å². The largest absolute Gasteiger partial charge is 0.447 e. The summed E-state index contributed by atoms with van der Waals surface area (Å²) in [5.41, 5.74) is 1.79. The number of halogens is 1. The van der Waals surface area contributed by atoms with Gasteiger partial charge in [0, 0.05) is 33.4 Å². The first-order valence-corrected chi connectivity index (χ1v) is 8.75. The van der Waals surface area contributed by atoms with Gasteiger partial charge in [-0.25, -0.2) is 9.79 Å². The molecule has 2 N–H and O–H groups in total. The standard InChI is InChI=1S/C18H27N5O4.HI/c1-22(2)16(24)13-21-17(19-8-10-26-3)20-12-14-4-6-15(7-5-14)23-9-11-27-18(23)25;/h4-7H,8-13H2,1-3H3,(H2,19,20,21);1H. The van der Waals surface area contributed by atoms with E-state index >= 15 is 0 Å². The molecule has 1 fully saturated rings. The number of guanidine groups is 1. The highest BCUT2D eigenvalue weighted by Gasteiger charge is 2.23. The first-order chi connectivity index (χ1) is 13.0. The molecule has 0 spiro atoms. The number of aliphatic imine (C=N–C) groups is 1. The highest BCUT2D eigenvalue weighted by molar-refractivity contribution is 14.0. The Morgan fingerprint density at radius 3 is 2.57 bits per heavy atom. The molecule has 2 amide bonds. The van der Waals surface area contributed by atoms with E-state index in [1.54, 1.807) is 26.1 Å². The topological polar surface area (TPSA) is 95.5 Å². The van der Waals surface area contributed by atoms with Gasteiger partial charge < -0.3 is 25.0 Å². The van der Waals surface area contributed by atoms with Crippen molar-refractivity contribution < 1.29 is 19.1 Å². The molecule has 1 aliphatic heterocycles. The van der Waals surface area contributed by atoms with Crippen molar-refractivity contribution in [3.63, 3.8) is 0 Å². The maximum atomic E-state index is 11.8. The summed E-state index contributed by atoms with van der Waals surface area (Å²) in [7, 11) is 5.03. The Morgan fingerprint density at radius 2 is 2.00 bits per heavy atom. The van der Waals surface area contributed by atoms with E-state index in [1.807, 2.05) is 24.3 Å². The normalized spacial score (nSPS) is 13.6. The third-order valence-electron chi connectivity index (χ3n) is 3.93. The quantitative estimate of drug-likeness (QED) is 0.237. The molecule has 156 valence electrons. The number of ether oxygens (including phenoxy) is 2. The molecule has 0 radical (unpaired) electrons. The van der Waals surface area contributed by atoms with Gasteiger partial charge in [-0.15, -0.1) is 24.0 Å². The zero-order valence-corrected chi connectivity index (χ0v) is 18.8. The van der Waals surface area contributed by atoms with Gasteiger partial charge >= 0.3 is 6.09 Å². The number of likely N-dealkylation sites (N-methyl/N-ethyl adjacent to an activating group) is 1. The SMILES string of the molecule is COCCNC(=NCc1ccc(N2CCOC2=O)cc1)NCC(=O)N(C)C.I. The van der Waals surface area contributed by atoms with E-state index in [1.165, 1.54) is 4.90 Å². The molecule has 10 heteroatoms. The van der Waals surface area contributed by atoms with E-state index < -0.39 is 0 Å². The van der Waals surface area contributed by atoms with Crippen LogP contribution >= 0.6 is 24.0 Å². The van der Waals surface area contributed by atoms with Crippen molar-refractivity contribution in [2.75, 3.05) is 59.0 Å². The second-order valence-corrected chi connectivity index (χ2v) is 6.16. The predicted molar refractivity (Wildman–Crippen MR) is 118 cm³/mol. The summed E-state index contributed by atoms with van der Waals surface area (Å²) in [5, 5.41) is 6.14. The van der Waals surface area contributed by atoms with Crippen molar-refractivity contribution in [1.82, 2.24) is 15.5 Å². The molecule has 0 aliphatic carbocycles. The van der Waals surface area contributed by atoms with Crippen LogP contribution < -0.4 is 15.5 Å². The number of cyclic esters (lactones) is 1. The fourth-order valence-electron chi connectivity index (χ4n) is 2.34. The average Bonchev–Trinajstić information content (AvgIpc) is 3.09. The van der Waals surface area contributed by atoms with Crippen molar-refractivity contribution >= 4 is 47.6 Å². The molecule has 28 heavy (non-hydrogen) atoms. The summed E-state index contributed by atoms with van der Waals surface area (Å²) in [4.78, 5) is 31.0. The van der Waals surface area contributed by atoms with Crippen molar-refractivity contribution in [2.45, 2.75) is 6.54 Å². The molecule has 1 heterocycles. The molecule has 9 nitrogen and oxygen atoms in total. The van der Waals surface area contributed by atoms with Crippen LogP contribution in [0.3, 0.4) is 0 Å². The van der Waals surface area contributed by atoms with Gasteiger partial charge in [0.15, 0.2) is 5.96 Å². The van der Waals surface area contributed by atoms with Crippen LogP contribution in [-0.2, 0) is 20.8 Å². The Hall–Kier alpha value is -2.08. The molecule has 0 saturated carbocycles. The van der Waals surface area contributed by atoms with Crippen LogP contribution in [0.15, 0.2) is 29.3 Å². The molecule has 1 aromatic rings. The summed E-state index contributed by atoms with van der Waals surface area (Å²) < 4.78 is 9.97. The average molecular weight is 505 g/mol. The van der Waals surface area contributed by atoms with Crippen LogP contribution in [-0.4, -0.2) is 76.9 Å². The fourth-order valence-corrected chi connectivity index (χ4v) is 2.34. The van der Waals surface area contributed by atoms with E-state index in [-0.39, 0.29) is 42.5 Å². The van der Waals surface area contributed by atoms with Gasteiger partial charge in [0.25, 0.3) is 0 Å². The number of nitrogens with one attached hydrogen (secondary N) is 2. The molecule has 1 saturated heterocycles. The summed E-state index contributed by atoms with van der Waals surface area (Å²) in [6, 6.07) is 7.58. The minimum absolute atomic E-state index is 0. The maximum absolute atomic E-state index is 11.8. The first-order valence-electron chi connectivity index (χ1n) is 8.75. The first kappa shape index (κ1) is 24.0. The summed E-state index contributed by atoms with van der Waals surface area (Å²) in [6.07, 6.45) is -0.319. The number of rotatable bonds is 8. The van der Waals surface area contributed by atoms with Crippen molar-refractivity contribution in [2.24, 2.45) is 4.99 Å². The van der Waals surface area contributed by atoms with Crippen LogP contribution in [0.5, 0.6) is 0 Å². The van der Waals surface area contributed by atoms with Crippen LogP contribution in [0, 0.1) is 0 Å². The lowest BCUT2D eigenvalue weighted by Gasteiger charge is -2.15. The Kier molecular flexibility index (Phi) is 10.6. The maximum Gasteiger partial charge on any atom is 0.414 e. The molecule has 0 unspecified atom stereocenters. The van der Waals surface area contributed by atoms with Crippen LogP contribution in [0.4, 0.5) is 10.5 Å². The molecule has 0 aromatic heterocycles. The molecule has 1 aromatic carbocycles. The lowest BCUT2D eigenvalue weighted by atomic mass is 10.2. The fraction of sp³-hybridized carbons (Fsp3) is 0.500. The summed E-state index contributed by atoms with van der Waals surface area (Å²) in [5.74, 6) is 0.493. The van der Waals surface area contributed by atoms with E-state index in [4.69, 9.17) is 9.47 Å². The smallest absolute Gasteiger partial charge is 0.414 e. The molecule has 2 rings (SSSR count). The number of carbonyl (C=O) groups excluding carboxylic acids is 2. The molecular weight excluding hydrogens is 477 g/mol. The minimum atomic E-state index is -0.319. The number of anilines is 1. The molecule has 0 bridgehead atoms. The third-order valence-corrected chi connectivity index (χ3v) is 3.93. The van der Waals surface area contributed by atoms with Crippen LogP contribution in [0.2, 0.25) is 0 Å². The highest BCUT2D eigenvalue weighted by atomic mass is 127. The molecular formula is C18H28IN5O4. The Morgan fingerprint density at radius 1 is 1.29 bits per heavy atom. The van der Waals surface area contributed by atoms with Gasteiger partial charge in [-0.2, -0.15) is 0 Å². The van der Waals surface area contributed by atoms with Crippen LogP contribution in [0.25, 0.3) is 0 Å². The molecule has 0 atom stereocenters. The number of carbonyl (C=O) groups is 2. The van der Waals surface area contributed by atoms with Gasteiger partial charge in [0.2, 0.25) is 5.91 Å². The summed E-state index contributed by atoms with van der Waals surface area (Å²) >= 11 is 0. The number of hydrogen-bond acceptors (Lipinski definition) is 5. The van der Waals surface area contributed by atoms with Crippen molar-refractivity contribution in [3.05, 3.63) is 29.8 Å². The zero-order valence-electron chi connectivity index (χ0n) is 16.4. The number of hydrogen-bond donors (Lipinski definition) is 2. The third kappa shape index (κ3) is 7.50. The summed E-state index contributed by atoms with van der Waals surface area (Å²) in [6.45, 7) is 2.68.